The third-order valence-corrected chi connectivity index (χ3v) is 4.96. The van der Waals surface area contributed by atoms with Gasteiger partial charge in [-0.1, -0.05) is 41.4 Å². The quantitative estimate of drug-likeness (QED) is 0.671. The Morgan fingerprint density at radius 1 is 1.19 bits per heavy atom. The van der Waals surface area contributed by atoms with Gasteiger partial charge in [0.05, 0.1) is 23.6 Å². The number of ether oxygens (including phenoxy) is 1. The van der Waals surface area contributed by atoms with E-state index >= 15 is 0 Å². The average Bonchev–Trinajstić information content (AvgIpc) is 3.08. The molecule has 2 aromatic carbocycles. The number of carbonyl (C=O) groups is 1. The summed E-state index contributed by atoms with van der Waals surface area (Å²) in [6, 6.07) is 12.3. The molecule has 1 N–H and O–H groups in total. The first-order valence-electron chi connectivity index (χ1n) is 8.32. The van der Waals surface area contributed by atoms with E-state index in [-0.39, 0.29) is 18.4 Å². The molecule has 0 aliphatic rings. The van der Waals surface area contributed by atoms with Gasteiger partial charge in [0.1, 0.15) is 17.6 Å². The van der Waals surface area contributed by atoms with Crippen LogP contribution in [0.2, 0.25) is 10.0 Å². The average molecular weight is 404 g/mol. The number of rotatable bonds is 6. The highest BCUT2D eigenvalue weighted by Crippen LogP contribution is 2.25. The molecule has 1 aromatic heterocycles. The number of halogens is 2. The SMILES string of the molecule is COc1ccc(C(NC(=O)Cc2ccc(Cl)c(Cl)c2)c2nccn2C)cc1. The summed E-state index contributed by atoms with van der Waals surface area (Å²) < 4.78 is 7.10. The zero-order valence-electron chi connectivity index (χ0n) is 14.9. The maximum atomic E-state index is 12.7. The van der Waals surface area contributed by atoms with E-state index in [4.69, 9.17) is 27.9 Å². The van der Waals surface area contributed by atoms with Crippen molar-refractivity contribution in [3.63, 3.8) is 0 Å². The summed E-state index contributed by atoms with van der Waals surface area (Å²) in [5.41, 5.74) is 1.70. The first-order chi connectivity index (χ1) is 13.0. The van der Waals surface area contributed by atoms with Crippen molar-refractivity contribution in [3.8, 4) is 5.75 Å². The largest absolute Gasteiger partial charge is 0.497 e. The van der Waals surface area contributed by atoms with Crippen LogP contribution in [0.3, 0.4) is 0 Å². The Balaban J connectivity index is 1.83. The van der Waals surface area contributed by atoms with Crippen LogP contribution in [0, 0.1) is 0 Å². The van der Waals surface area contributed by atoms with E-state index in [9.17, 15) is 4.79 Å². The minimum absolute atomic E-state index is 0.141. The minimum Gasteiger partial charge on any atom is -0.497 e. The molecule has 140 valence electrons. The fraction of sp³-hybridized carbons (Fsp3) is 0.200. The maximum Gasteiger partial charge on any atom is 0.225 e. The molecule has 1 atom stereocenters. The summed E-state index contributed by atoms with van der Waals surface area (Å²) in [5, 5.41) is 3.95. The Morgan fingerprint density at radius 2 is 1.93 bits per heavy atom. The summed E-state index contributed by atoms with van der Waals surface area (Å²) in [7, 11) is 3.51. The number of nitrogens with zero attached hydrogens (tertiary/aromatic N) is 2. The van der Waals surface area contributed by atoms with E-state index in [0.717, 1.165) is 22.7 Å². The molecular formula is C20H19Cl2N3O2. The molecule has 0 spiro atoms. The summed E-state index contributed by atoms with van der Waals surface area (Å²) in [6.45, 7) is 0. The van der Waals surface area contributed by atoms with Crippen LogP contribution in [0.4, 0.5) is 0 Å². The van der Waals surface area contributed by atoms with E-state index in [1.807, 2.05) is 42.1 Å². The number of nitrogens with one attached hydrogen (secondary N) is 1. The molecule has 3 rings (SSSR count). The minimum atomic E-state index is -0.383. The van der Waals surface area contributed by atoms with E-state index in [0.29, 0.717) is 10.0 Å². The van der Waals surface area contributed by atoms with Crippen LogP contribution in [0.5, 0.6) is 5.75 Å². The van der Waals surface area contributed by atoms with Crippen molar-refractivity contribution >= 4 is 29.1 Å². The predicted molar refractivity (Wildman–Crippen MR) is 106 cm³/mol. The summed E-state index contributed by atoms with van der Waals surface area (Å²) in [5.74, 6) is 1.35. The number of carbonyl (C=O) groups excluding carboxylic acids is 1. The zero-order valence-corrected chi connectivity index (χ0v) is 16.5. The molecule has 3 aromatic rings. The number of methoxy groups -OCH3 is 1. The van der Waals surface area contributed by atoms with Gasteiger partial charge in [0.15, 0.2) is 0 Å². The van der Waals surface area contributed by atoms with Crippen LogP contribution in [0.15, 0.2) is 54.9 Å². The second kappa shape index (κ2) is 8.46. The number of aromatic nitrogens is 2. The van der Waals surface area contributed by atoms with Crippen LogP contribution in [-0.4, -0.2) is 22.6 Å². The molecule has 1 heterocycles. The highest BCUT2D eigenvalue weighted by Gasteiger charge is 2.21. The molecule has 0 saturated heterocycles. The molecule has 0 radical (unpaired) electrons. The fourth-order valence-corrected chi connectivity index (χ4v) is 3.12. The molecule has 1 amide bonds. The van der Waals surface area contributed by atoms with Gasteiger partial charge in [-0.3, -0.25) is 4.79 Å². The van der Waals surface area contributed by atoms with Gasteiger partial charge in [-0.05, 0) is 35.4 Å². The van der Waals surface area contributed by atoms with Gasteiger partial charge in [-0.2, -0.15) is 0 Å². The topological polar surface area (TPSA) is 56.1 Å². The van der Waals surface area contributed by atoms with Crippen molar-refractivity contribution in [1.82, 2.24) is 14.9 Å². The monoisotopic (exact) mass is 403 g/mol. The lowest BCUT2D eigenvalue weighted by molar-refractivity contribution is -0.121. The van der Waals surface area contributed by atoms with E-state index < -0.39 is 0 Å². The molecule has 5 nitrogen and oxygen atoms in total. The van der Waals surface area contributed by atoms with Crippen molar-refractivity contribution in [3.05, 3.63) is 81.9 Å². The third kappa shape index (κ3) is 4.62. The summed E-state index contributed by atoms with van der Waals surface area (Å²) >= 11 is 12.0. The van der Waals surface area contributed by atoms with Crippen molar-refractivity contribution in [2.45, 2.75) is 12.5 Å². The first kappa shape index (κ1) is 19.3. The number of amides is 1. The van der Waals surface area contributed by atoms with Crippen LogP contribution < -0.4 is 10.1 Å². The molecule has 27 heavy (non-hydrogen) atoms. The van der Waals surface area contributed by atoms with Gasteiger partial charge in [0.25, 0.3) is 0 Å². The fourth-order valence-electron chi connectivity index (χ4n) is 2.80. The lowest BCUT2D eigenvalue weighted by atomic mass is 10.0. The van der Waals surface area contributed by atoms with Crippen molar-refractivity contribution in [1.29, 1.82) is 0 Å². The lowest BCUT2D eigenvalue weighted by Gasteiger charge is -2.19. The first-order valence-corrected chi connectivity index (χ1v) is 9.08. The van der Waals surface area contributed by atoms with Crippen LogP contribution in [0.1, 0.15) is 23.0 Å². The van der Waals surface area contributed by atoms with Gasteiger partial charge in [0, 0.05) is 19.4 Å². The number of benzene rings is 2. The predicted octanol–water partition coefficient (Wildman–Crippen LogP) is 4.18. The van der Waals surface area contributed by atoms with E-state index in [2.05, 4.69) is 10.3 Å². The maximum absolute atomic E-state index is 12.7. The molecule has 0 saturated carbocycles. The number of hydrogen-bond donors (Lipinski definition) is 1. The Bertz CT molecular complexity index is 939. The smallest absolute Gasteiger partial charge is 0.225 e. The van der Waals surface area contributed by atoms with Gasteiger partial charge in [-0.15, -0.1) is 0 Å². The molecule has 7 heteroatoms. The summed E-state index contributed by atoms with van der Waals surface area (Å²) in [6.07, 6.45) is 3.74. The van der Waals surface area contributed by atoms with E-state index in [1.54, 1.807) is 31.5 Å². The Hall–Kier alpha value is -2.50. The van der Waals surface area contributed by atoms with Gasteiger partial charge in [0.2, 0.25) is 5.91 Å². The normalized spacial score (nSPS) is 11.9. The Labute approximate surface area is 167 Å². The molecular weight excluding hydrogens is 385 g/mol. The van der Waals surface area contributed by atoms with Crippen LogP contribution >= 0.6 is 23.2 Å². The van der Waals surface area contributed by atoms with E-state index in [1.165, 1.54) is 0 Å². The Morgan fingerprint density at radius 3 is 2.52 bits per heavy atom. The van der Waals surface area contributed by atoms with Crippen molar-refractivity contribution in [2.24, 2.45) is 7.05 Å². The van der Waals surface area contributed by atoms with Gasteiger partial charge >= 0.3 is 0 Å². The molecule has 0 fully saturated rings. The molecule has 0 bridgehead atoms. The van der Waals surface area contributed by atoms with Crippen LogP contribution in [0.25, 0.3) is 0 Å². The number of aryl methyl sites for hydroxylation is 1. The van der Waals surface area contributed by atoms with Crippen LogP contribution in [-0.2, 0) is 18.3 Å². The molecule has 0 aliphatic carbocycles. The molecule has 0 aliphatic heterocycles. The number of hydrogen-bond acceptors (Lipinski definition) is 3. The lowest BCUT2D eigenvalue weighted by Crippen LogP contribution is -2.32. The Kier molecular flexibility index (Phi) is 6.04. The van der Waals surface area contributed by atoms with Crippen molar-refractivity contribution < 1.29 is 9.53 Å². The number of imidazole rings is 1. The third-order valence-electron chi connectivity index (χ3n) is 4.22. The van der Waals surface area contributed by atoms with Gasteiger partial charge in [-0.25, -0.2) is 4.98 Å². The molecule has 1 unspecified atom stereocenters. The second-order valence-electron chi connectivity index (χ2n) is 6.10. The standard InChI is InChI=1S/C20H19Cl2N3O2/c1-25-10-9-23-20(25)19(14-4-6-15(27-2)7-5-14)24-18(26)12-13-3-8-16(21)17(22)11-13/h3-11,19H,12H2,1-2H3,(H,24,26). The highest BCUT2D eigenvalue weighted by atomic mass is 35.5. The van der Waals surface area contributed by atoms with Gasteiger partial charge < -0.3 is 14.6 Å². The zero-order chi connectivity index (χ0) is 19.4. The van der Waals surface area contributed by atoms with Crippen molar-refractivity contribution in [2.75, 3.05) is 7.11 Å². The summed E-state index contributed by atoms with van der Waals surface area (Å²) in [4.78, 5) is 17.1. The second-order valence-corrected chi connectivity index (χ2v) is 6.91. The highest BCUT2D eigenvalue weighted by molar-refractivity contribution is 6.42.